The maximum absolute atomic E-state index is 9.99. The molecule has 0 saturated heterocycles. The van der Waals surface area contributed by atoms with E-state index in [4.69, 9.17) is 19.2 Å². The molecule has 35 heavy (non-hydrogen) atoms. The normalized spacial score (nSPS) is 12.2. The van der Waals surface area contributed by atoms with Gasteiger partial charge >= 0.3 is 0 Å². The lowest BCUT2D eigenvalue weighted by molar-refractivity contribution is 0.108. The molecule has 0 aliphatic heterocycles. The predicted molar refractivity (Wildman–Crippen MR) is 136 cm³/mol. The van der Waals surface area contributed by atoms with Crippen molar-refractivity contribution in [3.63, 3.8) is 0 Å². The average molecular weight is 476 g/mol. The summed E-state index contributed by atoms with van der Waals surface area (Å²) in [5.74, 6) is 1.98. The van der Waals surface area contributed by atoms with Gasteiger partial charge in [0.1, 0.15) is 24.2 Å². The summed E-state index contributed by atoms with van der Waals surface area (Å²) in [5.41, 5.74) is 7.93. The molecule has 1 aromatic carbocycles. The van der Waals surface area contributed by atoms with Crippen molar-refractivity contribution in [3.05, 3.63) is 70.5 Å². The molecule has 0 fully saturated rings. The molecule has 1 unspecified atom stereocenters. The Morgan fingerprint density at radius 2 is 1.94 bits per heavy atom. The molecule has 4 aromatic rings. The van der Waals surface area contributed by atoms with E-state index in [1.165, 1.54) is 16.8 Å². The number of nitrogens with zero attached hydrogens (tertiary/aromatic N) is 4. The Hall–Kier alpha value is -3.49. The largest absolute Gasteiger partial charge is 0.491 e. The molecule has 0 bridgehead atoms. The Morgan fingerprint density at radius 3 is 2.60 bits per heavy atom. The molecule has 0 saturated carbocycles. The van der Waals surface area contributed by atoms with E-state index in [0.29, 0.717) is 24.5 Å². The molecule has 0 spiro atoms. The number of hydrogen-bond donors (Lipinski definition) is 2. The van der Waals surface area contributed by atoms with E-state index < -0.39 is 6.10 Å². The lowest BCUT2D eigenvalue weighted by Crippen LogP contribution is -2.29. The van der Waals surface area contributed by atoms with E-state index in [0.717, 1.165) is 34.0 Å². The van der Waals surface area contributed by atoms with Crippen LogP contribution in [-0.4, -0.2) is 51.1 Å². The van der Waals surface area contributed by atoms with Gasteiger partial charge in [0.25, 0.3) is 0 Å². The van der Waals surface area contributed by atoms with Crippen molar-refractivity contribution in [2.75, 3.05) is 20.2 Å². The van der Waals surface area contributed by atoms with Gasteiger partial charge in [0.15, 0.2) is 5.82 Å². The van der Waals surface area contributed by atoms with Crippen LogP contribution in [0.3, 0.4) is 0 Å². The lowest BCUT2D eigenvalue weighted by Gasteiger charge is -2.13. The summed E-state index contributed by atoms with van der Waals surface area (Å²) >= 11 is 0. The Labute approximate surface area is 206 Å². The smallest absolute Gasteiger partial charge is 0.160 e. The SMILES string of the molecule is CNCC(O)COc1cccc(-c2nc(Cc3c(C)cn(C)c3C)cc(-c3c(C)noc3C)n2)c1. The zero-order valence-electron chi connectivity index (χ0n) is 21.2. The van der Waals surface area contributed by atoms with Crippen molar-refractivity contribution in [2.45, 2.75) is 40.2 Å². The van der Waals surface area contributed by atoms with Crippen LogP contribution in [0.15, 0.2) is 41.1 Å². The first-order valence-electron chi connectivity index (χ1n) is 11.7. The van der Waals surface area contributed by atoms with Gasteiger partial charge in [-0.3, -0.25) is 0 Å². The van der Waals surface area contributed by atoms with Gasteiger partial charge in [-0.25, -0.2) is 9.97 Å². The van der Waals surface area contributed by atoms with Crippen LogP contribution < -0.4 is 10.1 Å². The maximum atomic E-state index is 9.99. The molecule has 0 radical (unpaired) electrons. The highest BCUT2D eigenvalue weighted by molar-refractivity contribution is 5.68. The zero-order valence-corrected chi connectivity index (χ0v) is 21.2. The number of aryl methyl sites for hydroxylation is 4. The van der Waals surface area contributed by atoms with Crippen molar-refractivity contribution in [1.82, 2.24) is 25.0 Å². The first-order chi connectivity index (χ1) is 16.8. The predicted octanol–water partition coefficient (Wildman–Crippen LogP) is 3.92. The fraction of sp³-hybridized carbons (Fsp3) is 0.370. The van der Waals surface area contributed by atoms with Crippen LogP contribution in [0.2, 0.25) is 0 Å². The second kappa shape index (κ2) is 10.4. The number of likely N-dealkylation sites (N-methyl/N-ethyl adjacent to an activating group) is 1. The fourth-order valence-corrected chi connectivity index (χ4v) is 4.32. The van der Waals surface area contributed by atoms with Gasteiger partial charge in [0, 0.05) is 43.2 Å². The second-order valence-corrected chi connectivity index (χ2v) is 8.98. The molecule has 8 heteroatoms. The standard InChI is InChI=1S/C27H33N5O3/c1-16-14-32(6)18(3)24(16)11-21-12-25(26-17(2)31-35-19(26)4)30-27(29-21)20-8-7-9-23(10-20)34-15-22(33)13-28-5/h7-10,12,14,22,28,33H,11,13,15H2,1-6H3. The monoisotopic (exact) mass is 475 g/mol. The van der Waals surface area contributed by atoms with Crippen LogP contribution >= 0.6 is 0 Å². The summed E-state index contributed by atoms with van der Waals surface area (Å²) in [4.78, 5) is 9.83. The number of benzene rings is 1. The number of hydrogen-bond acceptors (Lipinski definition) is 7. The van der Waals surface area contributed by atoms with E-state index >= 15 is 0 Å². The minimum atomic E-state index is -0.591. The van der Waals surface area contributed by atoms with Gasteiger partial charge in [-0.15, -0.1) is 0 Å². The Balaban J connectivity index is 1.75. The number of ether oxygens (including phenoxy) is 1. The molecular weight excluding hydrogens is 442 g/mol. The molecule has 0 aliphatic carbocycles. The van der Waals surface area contributed by atoms with Crippen molar-refractivity contribution in [3.8, 4) is 28.4 Å². The minimum absolute atomic E-state index is 0.197. The molecule has 4 rings (SSSR count). The quantitative estimate of drug-likeness (QED) is 0.379. The van der Waals surface area contributed by atoms with Crippen molar-refractivity contribution >= 4 is 0 Å². The molecule has 3 aromatic heterocycles. The summed E-state index contributed by atoms with van der Waals surface area (Å²) in [5, 5.41) is 17.0. The van der Waals surface area contributed by atoms with E-state index in [1.54, 1.807) is 7.05 Å². The van der Waals surface area contributed by atoms with Crippen molar-refractivity contribution in [1.29, 1.82) is 0 Å². The van der Waals surface area contributed by atoms with Gasteiger partial charge in [-0.1, -0.05) is 17.3 Å². The van der Waals surface area contributed by atoms with E-state index in [-0.39, 0.29) is 6.61 Å². The van der Waals surface area contributed by atoms with Gasteiger partial charge in [-0.2, -0.15) is 0 Å². The van der Waals surface area contributed by atoms with Gasteiger partial charge in [-0.05, 0) is 64.1 Å². The highest BCUT2D eigenvalue weighted by Gasteiger charge is 2.18. The molecule has 0 amide bonds. The molecule has 1 atom stereocenters. The summed E-state index contributed by atoms with van der Waals surface area (Å²) in [6.45, 7) is 8.73. The Kier molecular flexibility index (Phi) is 7.33. The Morgan fingerprint density at radius 1 is 1.14 bits per heavy atom. The number of aromatic nitrogens is 4. The summed E-state index contributed by atoms with van der Waals surface area (Å²) in [6.07, 6.45) is 2.24. The van der Waals surface area contributed by atoms with Crippen LogP contribution in [-0.2, 0) is 13.5 Å². The van der Waals surface area contributed by atoms with E-state index in [2.05, 4.69) is 42.1 Å². The first-order valence-corrected chi connectivity index (χ1v) is 11.7. The number of rotatable bonds is 9. The van der Waals surface area contributed by atoms with Gasteiger partial charge < -0.3 is 24.3 Å². The average Bonchev–Trinajstić information content (AvgIpc) is 3.29. The van der Waals surface area contributed by atoms with E-state index in [9.17, 15) is 5.11 Å². The van der Waals surface area contributed by atoms with Crippen molar-refractivity contribution in [2.24, 2.45) is 7.05 Å². The molecule has 3 heterocycles. The van der Waals surface area contributed by atoms with Crippen LogP contribution in [0.1, 0.15) is 34.0 Å². The summed E-state index contributed by atoms with van der Waals surface area (Å²) < 4.78 is 13.4. The van der Waals surface area contributed by atoms with Crippen LogP contribution in [0.25, 0.3) is 22.6 Å². The molecular formula is C27H33N5O3. The molecule has 0 aliphatic rings. The Bertz CT molecular complexity index is 1310. The number of aliphatic hydroxyl groups is 1. The zero-order chi connectivity index (χ0) is 25.1. The van der Waals surface area contributed by atoms with Crippen LogP contribution in [0.4, 0.5) is 0 Å². The van der Waals surface area contributed by atoms with E-state index in [1.807, 2.05) is 44.2 Å². The third-order valence-electron chi connectivity index (χ3n) is 6.23. The fourth-order valence-electron chi connectivity index (χ4n) is 4.32. The molecule has 2 N–H and O–H groups in total. The second-order valence-electron chi connectivity index (χ2n) is 8.98. The maximum Gasteiger partial charge on any atom is 0.160 e. The topological polar surface area (TPSA) is 98.2 Å². The third-order valence-corrected chi connectivity index (χ3v) is 6.23. The third kappa shape index (κ3) is 5.44. The van der Waals surface area contributed by atoms with Crippen LogP contribution in [0.5, 0.6) is 5.75 Å². The van der Waals surface area contributed by atoms with Gasteiger partial charge in [0.2, 0.25) is 0 Å². The number of nitrogens with one attached hydrogen (secondary N) is 1. The highest BCUT2D eigenvalue weighted by Crippen LogP contribution is 2.30. The lowest BCUT2D eigenvalue weighted by atomic mass is 10.0. The van der Waals surface area contributed by atoms with Gasteiger partial charge in [0.05, 0.1) is 17.0 Å². The minimum Gasteiger partial charge on any atom is -0.491 e. The number of aliphatic hydroxyl groups excluding tert-OH is 1. The summed E-state index contributed by atoms with van der Waals surface area (Å²) in [7, 11) is 3.86. The first kappa shape index (κ1) is 24.6. The summed E-state index contributed by atoms with van der Waals surface area (Å²) in [6, 6.07) is 9.67. The van der Waals surface area contributed by atoms with Crippen molar-refractivity contribution < 1.29 is 14.4 Å². The highest BCUT2D eigenvalue weighted by atomic mass is 16.5. The molecule has 184 valence electrons. The van der Waals surface area contributed by atoms with Crippen LogP contribution in [0, 0.1) is 27.7 Å². The molecule has 8 nitrogen and oxygen atoms in total.